The van der Waals surface area contributed by atoms with E-state index in [1.54, 1.807) is 0 Å². The summed E-state index contributed by atoms with van der Waals surface area (Å²) in [5.74, 6) is 0.0412. The molecule has 6 heteroatoms. The summed E-state index contributed by atoms with van der Waals surface area (Å²) in [5.41, 5.74) is 4.51. The molecule has 1 heterocycles. The maximum Gasteiger partial charge on any atom is 0.238 e. The maximum atomic E-state index is 12.9. The number of amides is 1. The van der Waals surface area contributed by atoms with Crippen molar-refractivity contribution in [3.63, 3.8) is 0 Å². The molecule has 28 heavy (non-hydrogen) atoms. The lowest BCUT2D eigenvalue weighted by atomic mass is 10.0. The Kier molecular flexibility index (Phi) is 8.77. The Morgan fingerprint density at radius 1 is 1.18 bits per heavy atom. The number of rotatable bonds is 6. The van der Waals surface area contributed by atoms with E-state index in [9.17, 15) is 4.79 Å². The second-order valence-corrected chi connectivity index (χ2v) is 7.39. The predicted molar refractivity (Wildman–Crippen MR) is 120 cm³/mol. The Morgan fingerprint density at radius 2 is 1.86 bits per heavy atom. The van der Waals surface area contributed by atoms with Gasteiger partial charge < -0.3 is 10.6 Å². The Morgan fingerprint density at radius 3 is 2.50 bits per heavy atom. The smallest absolute Gasteiger partial charge is 0.238 e. The highest BCUT2D eigenvalue weighted by Gasteiger charge is 2.26. The number of hydrogen-bond acceptors (Lipinski definition) is 3. The monoisotopic (exact) mass is 421 g/mol. The van der Waals surface area contributed by atoms with Gasteiger partial charge in [0, 0.05) is 36.4 Å². The topological polar surface area (TPSA) is 44.4 Å². The van der Waals surface area contributed by atoms with Gasteiger partial charge in [-0.15, -0.1) is 12.4 Å². The molecule has 0 aromatic heterocycles. The molecule has 1 atom stereocenters. The predicted octanol–water partition coefficient (Wildman–Crippen LogP) is 4.47. The number of benzene rings is 2. The Hall–Kier alpha value is -1.59. The zero-order chi connectivity index (χ0) is 19.2. The number of carbonyl (C=O) groups excluding carboxylic acids is 1. The van der Waals surface area contributed by atoms with Crippen LogP contribution in [0.4, 0.5) is 5.69 Å². The molecule has 1 saturated heterocycles. The number of para-hydroxylation sites is 1. The molecule has 0 saturated carbocycles. The van der Waals surface area contributed by atoms with Crippen molar-refractivity contribution < 1.29 is 4.79 Å². The highest BCUT2D eigenvalue weighted by Crippen LogP contribution is 2.26. The minimum atomic E-state index is 0. The molecule has 1 aliphatic heterocycles. The van der Waals surface area contributed by atoms with E-state index in [2.05, 4.69) is 53.6 Å². The maximum absolute atomic E-state index is 12.9. The molecule has 152 valence electrons. The van der Waals surface area contributed by atoms with Crippen molar-refractivity contribution in [2.45, 2.75) is 32.7 Å². The van der Waals surface area contributed by atoms with Gasteiger partial charge in [-0.05, 0) is 41.7 Å². The summed E-state index contributed by atoms with van der Waals surface area (Å²) in [7, 11) is 0. The zero-order valence-corrected chi connectivity index (χ0v) is 18.1. The molecule has 0 radical (unpaired) electrons. The van der Waals surface area contributed by atoms with Crippen molar-refractivity contribution in [3.05, 3.63) is 64.2 Å². The molecule has 1 aliphatic rings. The van der Waals surface area contributed by atoms with Crippen molar-refractivity contribution in [1.82, 2.24) is 10.2 Å². The van der Waals surface area contributed by atoms with Gasteiger partial charge in [-0.1, -0.05) is 55.8 Å². The number of hydrogen-bond donors (Lipinski definition) is 2. The Bertz CT molecular complexity index is 775. The zero-order valence-electron chi connectivity index (χ0n) is 16.5. The molecule has 0 aliphatic carbocycles. The van der Waals surface area contributed by atoms with Gasteiger partial charge >= 0.3 is 0 Å². The number of anilines is 1. The highest BCUT2D eigenvalue weighted by atomic mass is 35.5. The van der Waals surface area contributed by atoms with Crippen LogP contribution in [0.5, 0.6) is 0 Å². The van der Waals surface area contributed by atoms with Gasteiger partial charge in [0.2, 0.25) is 5.91 Å². The molecule has 1 fully saturated rings. The molecule has 0 spiro atoms. The van der Waals surface area contributed by atoms with Crippen LogP contribution < -0.4 is 10.6 Å². The molecular weight excluding hydrogens is 393 g/mol. The van der Waals surface area contributed by atoms with Crippen molar-refractivity contribution >= 4 is 35.6 Å². The quantitative estimate of drug-likeness (QED) is 0.722. The van der Waals surface area contributed by atoms with E-state index in [1.807, 2.05) is 18.2 Å². The second-order valence-electron chi connectivity index (χ2n) is 6.95. The number of halogens is 2. The van der Waals surface area contributed by atoms with E-state index in [0.717, 1.165) is 48.7 Å². The van der Waals surface area contributed by atoms with Crippen LogP contribution in [-0.4, -0.2) is 37.0 Å². The largest absolute Gasteiger partial charge is 0.324 e. The minimum absolute atomic E-state index is 0. The molecule has 1 amide bonds. The van der Waals surface area contributed by atoms with Gasteiger partial charge in [0.1, 0.15) is 0 Å². The van der Waals surface area contributed by atoms with Crippen molar-refractivity contribution in [2.75, 3.05) is 31.5 Å². The van der Waals surface area contributed by atoms with E-state index in [4.69, 9.17) is 11.6 Å². The Labute approximate surface area is 179 Å². The van der Waals surface area contributed by atoms with Crippen molar-refractivity contribution in [1.29, 1.82) is 0 Å². The van der Waals surface area contributed by atoms with Crippen LogP contribution in [0, 0.1) is 0 Å². The number of nitrogens with one attached hydrogen (secondary N) is 2. The van der Waals surface area contributed by atoms with Crippen LogP contribution in [-0.2, 0) is 17.6 Å². The summed E-state index contributed by atoms with van der Waals surface area (Å²) in [4.78, 5) is 15.1. The van der Waals surface area contributed by atoms with Gasteiger partial charge in [-0.25, -0.2) is 0 Å². The molecule has 3 rings (SSSR count). The van der Waals surface area contributed by atoms with Gasteiger partial charge in [0.15, 0.2) is 0 Å². The molecule has 4 nitrogen and oxygen atoms in total. The van der Waals surface area contributed by atoms with Gasteiger partial charge in [0.05, 0.1) is 6.54 Å². The van der Waals surface area contributed by atoms with E-state index in [0.29, 0.717) is 6.54 Å². The molecule has 0 bridgehead atoms. The summed E-state index contributed by atoms with van der Waals surface area (Å²) in [6.07, 6.45) is 1.81. The lowest BCUT2D eigenvalue weighted by molar-refractivity contribution is -0.118. The Balaban J connectivity index is 0.00000280. The molecule has 2 N–H and O–H groups in total. The summed E-state index contributed by atoms with van der Waals surface area (Å²) < 4.78 is 0. The molecule has 2 aromatic carbocycles. The first kappa shape index (κ1) is 22.7. The first-order valence-corrected chi connectivity index (χ1v) is 10.1. The van der Waals surface area contributed by atoms with Crippen LogP contribution in [0.25, 0.3) is 0 Å². The average Bonchev–Trinajstić information content (AvgIpc) is 2.68. The van der Waals surface area contributed by atoms with Crippen LogP contribution in [0.3, 0.4) is 0 Å². The molecular formula is C22H29Cl2N3O. The first-order valence-electron chi connectivity index (χ1n) is 9.73. The number of nitrogens with zero attached hydrogens (tertiary/aromatic N) is 1. The van der Waals surface area contributed by atoms with Crippen LogP contribution in [0.1, 0.15) is 36.6 Å². The third-order valence-electron chi connectivity index (χ3n) is 5.20. The van der Waals surface area contributed by atoms with Gasteiger partial charge in [-0.2, -0.15) is 0 Å². The standard InChI is InChI=1S/C22H28ClN3O.ClH/c1-3-16-7-5-8-17(4-2)22(16)25-21(27)15-26-12-11-24-14-20(26)18-9-6-10-19(23)13-18;/h5-10,13,20,24H,3-4,11-12,14-15H2,1-2H3,(H,25,27);1H. The number of piperazine rings is 1. The average molecular weight is 422 g/mol. The van der Waals surface area contributed by atoms with Gasteiger partial charge in [0.25, 0.3) is 0 Å². The summed E-state index contributed by atoms with van der Waals surface area (Å²) in [5, 5.41) is 7.34. The van der Waals surface area contributed by atoms with Gasteiger partial charge in [-0.3, -0.25) is 9.69 Å². The van der Waals surface area contributed by atoms with Crippen molar-refractivity contribution in [3.8, 4) is 0 Å². The minimum Gasteiger partial charge on any atom is -0.324 e. The van der Waals surface area contributed by atoms with Crippen molar-refractivity contribution in [2.24, 2.45) is 0 Å². The summed E-state index contributed by atoms with van der Waals surface area (Å²) in [6, 6.07) is 14.3. The van der Waals surface area contributed by atoms with Crippen LogP contribution >= 0.6 is 24.0 Å². The summed E-state index contributed by atoms with van der Waals surface area (Å²) in [6.45, 7) is 7.15. The normalized spacial score (nSPS) is 17.0. The lowest BCUT2D eigenvalue weighted by Crippen LogP contribution is -2.48. The number of aryl methyl sites for hydroxylation is 2. The summed E-state index contributed by atoms with van der Waals surface area (Å²) >= 11 is 6.17. The third-order valence-corrected chi connectivity index (χ3v) is 5.43. The van der Waals surface area contributed by atoms with Crippen LogP contribution in [0.15, 0.2) is 42.5 Å². The van der Waals surface area contributed by atoms with E-state index in [1.165, 1.54) is 11.1 Å². The fraction of sp³-hybridized carbons (Fsp3) is 0.409. The fourth-order valence-corrected chi connectivity index (χ4v) is 3.94. The fourth-order valence-electron chi connectivity index (χ4n) is 3.74. The van der Waals surface area contributed by atoms with E-state index < -0.39 is 0 Å². The molecule has 1 unspecified atom stereocenters. The van der Waals surface area contributed by atoms with E-state index >= 15 is 0 Å². The second kappa shape index (κ2) is 10.8. The lowest BCUT2D eigenvalue weighted by Gasteiger charge is -2.36. The first-order chi connectivity index (χ1) is 13.1. The third kappa shape index (κ3) is 5.48. The number of carbonyl (C=O) groups is 1. The molecule has 2 aromatic rings. The SMILES string of the molecule is CCc1cccc(CC)c1NC(=O)CN1CCNCC1c1cccc(Cl)c1.Cl. The van der Waals surface area contributed by atoms with E-state index in [-0.39, 0.29) is 24.4 Å². The highest BCUT2D eigenvalue weighted by molar-refractivity contribution is 6.30. The van der Waals surface area contributed by atoms with Crippen LogP contribution in [0.2, 0.25) is 5.02 Å².